The van der Waals surface area contributed by atoms with Crippen molar-refractivity contribution in [3.05, 3.63) is 52.6 Å². The highest BCUT2D eigenvalue weighted by atomic mass is 79.9. The maximum Gasteiger partial charge on any atom is 0.417 e. The van der Waals surface area contributed by atoms with E-state index in [9.17, 15) is 18.0 Å². The number of hydrogen-bond acceptors (Lipinski definition) is 4. The van der Waals surface area contributed by atoms with E-state index in [0.717, 1.165) is 16.7 Å². The van der Waals surface area contributed by atoms with E-state index < -0.39 is 17.8 Å². The van der Waals surface area contributed by atoms with Crippen LogP contribution in [0.4, 0.5) is 19.0 Å². The number of ether oxygens (including phenoxy) is 1. The number of carbonyl (C=O) groups is 1. The number of piperazine rings is 1. The van der Waals surface area contributed by atoms with E-state index in [4.69, 9.17) is 4.74 Å². The van der Waals surface area contributed by atoms with Gasteiger partial charge in [-0.05, 0) is 43.3 Å². The van der Waals surface area contributed by atoms with Crippen LogP contribution in [0.2, 0.25) is 0 Å². The Kier molecular flexibility index (Phi) is 6.12. The van der Waals surface area contributed by atoms with Gasteiger partial charge >= 0.3 is 6.18 Å². The van der Waals surface area contributed by atoms with Crippen LogP contribution in [0.3, 0.4) is 0 Å². The summed E-state index contributed by atoms with van der Waals surface area (Å²) in [5.41, 5.74) is -0.774. The smallest absolute Gasteiger partial charge is 0.417 e. The summed E-state index contributed by atoms with van der Waals surface area (Å²) in [7, 11) is 0. The summed E-state index contributed by atoms with van der Waals surface area (Å²) in [5.74, 6) is 0.957. The molecule has 1 atom stereocenters. The molecule has 1 unspecified atom stereocenters. The molecular weight excluding hydrogens is 439 g/mol. The number of carbonyl (C=O) groups excluding carboxylic acids is 1. The lowest BCUT2D eigenvalue weighted by molar-refractivity contribution is -0.138. The van der Waals surface area contributed by atoms with Gasteiger partial charge in [0, 0.05) is 36.8 Å². The quantitative estimate of drug-likeness (QED) is 0.696. The van der Waals surface area contributed by atoms with Gasteiger partial charge in [-0.15, -0.1) is 0 Å². The number of benzene rings is 1. The molecule has 0 bridgehead atoms. The molecule has 2 heterocycles. The fraction of sp³-hybridized carbons (Fsp3) is 0.368. The summed E-state index contributed by atoms with van der Waals surface area (Å²) in [4.78, 5) is 20.1. The van der Waals surface area contributed by atoms with Gasteiger partial charge in [0.1, 0.15) is 11.6 Å². The lowest BCUT2D eigenvalue weighted by Crippen LogP contribution is -2.52. The van der Waals surface area contributed by atoms with Gasteiger partial charge in [0.15, 0.2) is 6.10 Å². The minimum Gasteiger partial charge on any atom is -0.481 e. The molecule has 1 fully saturated rings. The fourth-order valence-electron chi connectivity index (χ4n) is 2.92. The monoisotopic (exact) mass is 457 g/mol. The van der Waals surface area contributed by atoms with E-state index in [-0.39, 0.29) is 5.91 Å². The van der Waals surface area contributed by atoms with Crippen molar-refractivity contribution in [3.63, 3.8) is 0 Å². The van der Waals surface area contributed by atoms with Gasteiger partial charge in [-0.2, -0.15) is 13.2 Å². The molecule has 0 N–H and O–H groups in total. The molecule has 0 saturated carbocycles. The average Bonchev–Trinajstić information content (AvgIpc) is 2.69. The Morgan fingerprint density at radius 3 is 2.29 bits per heavy atom. The van der Waals surface area contributed by atoms with Crippen molar-refractivity contribution in [1.29, 1.82) is 0 Å². The molecule has 150 valence electrons. The van der Waals surface area contributed by atoms with Crippen molar-refractivity contribution in [1.82, 2.24) is 9.88 Å². The molecule has 9 heteroatoms. The zero-order chi connectivity index (χ0) is 20.3. The SMILES string of the molecule is CC(Oc1ccc(Br)cc1)C(=O)N1CCN(c2ccc(C(F)(F)F)cn2)CC1. The number of halogens is 4. The molecule has 1 aliphatic heterocycles. The summed E-state index contributed by atoms with van der Waals surface area (Å²) in [6, 6.07) is 9.61. The Morgan fingerprint density at radius 1 is 1.11 bits per heavy atom. The second-order valence-corrected chi connectivity index (χ2v) is 7.34. The van der Waals surface area contributed by atoms with Gasteiger partial charge in [-0.25, -0.2) is 4.98 Å². The lowest BCUT2D eigenvalue weighted by Gasteiger charge is -2.36. The van der Waals surface area contributed by atoms with Gasteiger partial charge in [0.2, 0.25) is 0 Å². The van der Waals surface area contributed by atoms with Crippen LogP contribution in [0, 0.1) is 0 Å². The Bertz CT molecular complexity index is 805. The molecule has 5 nitrogen and oxygen atoms in total. The van der Waals surface area contributed by atoms with Gasteiger partial charge < -0.3 is 14.5 Å². The Labute approximate surface area is 169 Å². The number of amides is 1. The number of aromatic nitrogens is 1. The minimum absolute atomic E-state index is 0.122. The van der Waals surface area contributed by atoms with E-state index in [1.54, 1.807) is 24.0 Å². The van der Waals surface area contributed by atoms with Crippen molar-refractivity contribution in [2.75, 3.05) is 31.1 Å². The Morgan fingerprint density at radius 2 is 1.75 bits per heavy atom. The zero-order valence-corrected chi connectivity index (χ0v) is 16.7. The third-order valence-corrected chi connectivity index (χ3v) is 4.99. The maximum atomic E-state index is 12.6. The molecule has 28 heavy (non-hydrogen) atoms. The van der Waals surface area contributed by atoms with Crippen LogP contribution in [-0.2, 0) is 11.0 Å². The van der Waals surface area contributed by atoms with Gasteiger partial charge in [0.05, 0.1) is 5.56 Å². The first-order valence-electron chi connectivity index (χ1n) is 8.73. The van der Waals surface area contributed by atoms with E-state index in [2.05, 4.69) is 20.9 Å². The second kappa shape index (κ2) is 8.38. The van der Waals surface area contributed by atoms with Crippen molar-refractivity contribution in [3.8, 4) is 5.75 Å². The number of nitrogens with zero attached hydrogens (tertiary/aromatic N) is 3. The molecule has 2 aromatic rings. The van der Waals surface area contributed by atoms with Crippen LogP contribution >= 0.6 is 15.9 Å². The van der Waals surface area contributed by atoms with E-state index in [1.165, 1.54) is 6.07 Å². The molecule has 3 rings (SSSR count). The highest BCUT2D eigenvalue weighted by Gasteiger charge is 2.31. The standard InChI is InChI=1S/C19H19BrF3N3O2/c1-13(28-16-5-3-15(20)4-6-16)18(27)26-10-8-25(9-11-26)17-7-2-14(12-24-17)19(21,22)23/h2-7,12-13H,8-11H2,1H3. The van der Waals surface area contributed by atoms with Crippen molar-refractivity contribution in [2.45, 2.75) is 19.2 Å². The molecule has 1 aliphatic rings. The highest BCUT2D eigenvalue weighted by molar-refractivity contribution is 9.10. The predicted octanol–water partition coefficient (Wildman–Crippen LogP) is 3.98. The number of alkyl halides is 3. The molecule has 1 amide bonds. The number of pyridine rings is 1. The fourth-order valence-corrected chi connectivity index (χ4v) is 3.19. The molecule has 0 spiro atoms. The van der Waals surface area contributed by atoms with Crippen molar-refractivity contribution < 1.29 is 22.7 Å². The van der Waals surface area contributed by atoms with E-state index in [1.807, 2.05) is 17.0 Å². The average molecular weight is 458 g/mol. The normalized spacial score (nSPS) is 16.0. The van der Waals surface area contributed by atoms with Crippen LogP contribution in [0.25, 0.3) is 0 Å². The summed E-state index contributed by atoms with van der Waals surface area (Å²) < 4.78 is 44.5. The van der Waals surface area contributed by atoms with Crippen molar-refractivity contribution >= 4 is 27.7 Å². The number of anilines is 1. The van der Waals surface area contributed by atoms with Gasteiger partial charge in [-0.1, -0.05) is 15.9 Å². The first-order valence-corrected chi connectivity index (χ1v) is 9.52. The topological polar surface area (TPSA) is 45.7 Å². The molecule has 1 aromatic carbocycles. The molecule has 1 saturated heterocycles. The number of rotatable bonds is 4. The molecule has 0 radical (unpaired) electrons. The summed E-state index contributed by atoms with van der Waals surface area (Å²) in [6.07, 6.45) is -4.19. The lowest BCUT2D eigenvalue weighted by atomic mass is 10.2. The first-order chi connectivity index (χ1) is 13.2. The van der Waals surface area contributed by atoms with Crippen LogP contribution < -0.4 is 9.64 Å². The molecule has 1 aromatic heterocycles. The van der Waals surface area contributed by atoms with Crippen LogP contribution in [0.1, 0.15) is 12.5 Å². The third kappa shape index (κ3) is 4.95. The summed E-state index contributed by atoms with van der Waals surface area (Å²) >= 11 is 3.35. The first kappa shape index (κ1) is 20.4. The third-order valence-electron chi connectivity index (χ3n) is 4.46. The largest absolute Gasteiger partial charge is 0.481 e. The summed E-state index contributed by atoms with van der Waals surface area (Å²) in [6.45, 7) is 3.60. The number of hydrogen-bond donors (Lipinski definition) is 0. The minimum atomic E-state index is -4.40. The predicted molar refractivity (Wildman–Crippen MR) is 102 cm³/mol. The van der Waals surface area contributed by atoms with Crippen LogP contribution in [0.5, 0.6) is 5.75 Å². The van der Waals surface area contributed by atoms with E-state index in [0.29, 0.717) is 37.7 Å². The Hall–Kier alpha value is -2.29. The highest BCUT2D eigenvalue weighted by Crippen LogP contribution is 2.29. The zero-order valence-electron chi connectivity index (χ0n) is 15.1. The second-order valence-electron chi connectivity index (χ2n) is 6.43. The van der Waals surface area contributed by atoms with Crippen molar-refractivity contribution in [2.24, 2.45) is 0 Å². The van der Waals surface area contributed by atoms with Crippen LogP contribution in [-0.4, -0.2) is 48.1 Å². The van der Waals surface area contributed by atoms with Gasteiger partial charge in [0.25, 0.3) is 5.91 Å². The molecular formula is C19H19BrF3N3O2. The van der Waals surface area contributed by atoms with E-state index >= 15 is 0 Å². The van der Waals surface area contributed by atoms with Crippen LogP contribution in [0.15, 0.2) is 47.1 Å². The Balaban J connectivity index is 1.54. The molecule has 0 aliphatic carbocycles. The van der Waals surface area contributed by atoms with Gasteiger partial charge in [-0.3, -0.25) is 4.79 Å². The maximum absolute atomic E-state index is 12.6. The summed E-state index contributed by atoms with van der Waals surface area (Å²) in [5, 5.41) is 0.